The summed E-state index contributed by atoms with van der Waals surface area (Å²) in [7, 11) is 1.66. The number of aliphatic imine (C=N–C) groups is 1. The topological polar surface area (TPSA) is 97.1 Å². The molecule has 0 spiro atoms. The number of likely N-dealkylation sites (tertiary alicyclic amines) is 1. The van der Waals surface area contributed by atoms with Crippen LogP contribution in [0, 0.1) is 0 Å². The van der Waals surface area contributed by atoms with E-state index >= 15 is 0 Å². The Bertz CT molecular complexity index is 1050. The second-order valence-electron chi connectivity index (χ2n) is 8.26. The number of allylic oxidation sites excluding steroid dienone is 2. The van der Waals surface area contributed by atoms with Crippen molar-refractivity contribution in [3.63, 3.8) is 0 Å². The maximum atomic E-state index is 12.4. The summed E-state index contributed by atoms with van der Waals surface area (Å²) in [5.41, 5.74) is 2.65. The number of guanidine groups is 1. The smallest absolute Gasteiger partial charge is 0.479 e. The van der Waals surface area contributed by atoms with Crippen molar-refractivity contribution in [2.24, 2.45) is 4.99 Å². The van der Waals surface area contributed by atoms with E-state index in [0.29, 0.717) is 37.5 Å². The van der Waals surface area contributed by atoms with Crippen molar-refractivity contribution >= 4 is 29.7 Å². The fraction of sp³-hybridized carbons (Fsp3) is 0.400. The van der Waals surface area contributed by atoms with Gasteiger partial charge in [0.1, 0.15) is 17.7 Å². The number of nitrogens with one attached hydrogen (secondary N) is 2. The Labute approximate surface area is 193 Å². The average Bonchev–Trinajstić information content (AvgIpc) is 3.27. The van der Waals surface area contributed by atoms with E-state index in [0.717, 1.165) is 37.4 Å². The summed E-state index contributed by atoms with van der Waals surface area (Å²) in [6, 6.07) is 7.98. The molecule has 172 valence electrons. The molecule has 2 N–H and O–H groups in total. The zero-order chi connectivity index (χ0) is 23.0. The highest BCUT2D eigenvalue weighted by atomic mass is 16.5. The standard InChI is InChI=1S/C25H29N5O3/c1-33-22-11-7-18(8-12-22)20-16-27-25(28-17-20)29-21-9-5-19(6-10-21)24(32)26-13-3-15-30-14-2-4-23(30)31/h5-9,11-12,16,20H,2-4,10,13-15,17H2,1H3,(H,26,32)/p+1. The summed E-state index contributed by atoms with van der Waals surface area (Å²) in [5, 5.41) is 6.21. The first-order chi connectivity index (χ1) is 16.1. The zero-order valence-electron chi connectivity index (χ0n) is 18.9. The molecular weight excluding hydrogens is 418 g/mol. The van der Waals surface area contributed by atoms with E-state index in [2.05, 4.69) is 20.3 Å². The van der Waals surface area contributed by atoms with Gasteiger partial charge < -0.3 is 15.0 Å². The largest absolute Gasteiger partial charge is 0.497 e. The van der Waals surface area contributed by atoms with Gasteiger partial charge in [-0.2, -0.15) is 0 Å². The minimum Gasteiger partial charge on any atom is -0.497 e. The van der Waals surface area contributed by atoms with Crippen LogP contribution in [0.15, 0.2) is 53.1 Å². The normalized spacial score (nSPS) is 21.0. The summed E-state index contributed by atoms with van der Waals surface area (Å²) >= 11 is 0. The van der Waals surface area contributed by atoms with Crippen LogP contribution in [0.1, 0.15) is 37.2 Å². The number of ether oxygens (including phenoxy) is 1. The predicted molar refractivity (Wildman–Crippen MR) is 130 cm³/mol. The number of methoxy groups -OCH3 is 1. The second kappa shape index (κ2) is 10.8. The van der Waals surface area contributed by atoms with Gasteiger partial charge in [-0.15, -0.1) is 0 Å². The summed E-state index contributed by atoms with van der Waals surface area (Å²) in [6.45, 7) is 2.82. The molecule has 33 heavy (non-hydrogen) atoms. The molecule has 3 aliphatic rings. The SMILES string of the molecule is COc1ccc(C2C=[N+]=C(N=C3C=CC(C(=O)NCCCN4CCCC4=O)=CC3)NC2)cc1. The Morgan fingerprint density at radius 2 is 2.15 bits per heavy atom. The van der Waals surface area contributed by atoms with Crippen LogP contribution in [0.3, 0.4) is 0 Å². The highest BCUT2D eigenvalue weighted by Crippen LogP contribution is 2.18. The van der Waals surface area contributed by atoms with Crippen LogP contribution in [0.4, 0.5) is 0 Å². The lowest BCUT2D eigenvalue weighted by atomic mass is 10.00. The van der Waals surface area contributed by atoms with Crippen molar-refractivity contribution in [2.75, 3.05) is 33.3 Å². The van der Waals surface area contributed by atoms with Crippen molar-refractivity contribution in [3.05, 3.63) is 53.6 Å². The quantitative estimate of drug-likeness (QED) is 0.486. The molecule has 0 bridgehead atoms. The number of carbonyl (C=O) groups is 2. The number of benzene rings is 1. The Morgan fingerprint density at radius 1 is 1.30 bits per heavy atom. The molecule has 2 aliphatic heterocycles. The van der Waals surface area contributed by atoms with Gasteiger partial charge in [-0.05, 0) is 42.7 Å². The zero-order valence-corrected chi connectivity index (χ0v) is 18.9. The Morgan fingerprint density at radius 3 is 2.79 bits per heavy atom. The molecule has 0 saturated carbocycles. The van der Waals surface area contributed by atoms with Crippen LogP contribution in [0.5, 0.6) is 5.75 Å². The molecule has 2 amide bonds. The summed E-state index contributed by atoms with van der Waals surface area (Å²) < 4.78 is 9.67. The molecule has 2 heterocycles. The molecule has 1 fully saturated rings. The lowest BCUT2D eigenvalue weighted by Gasteiger charge is -2.15. The third kappa shape index (κ3) is 5.99. The minimum absolute atomic E-state index is 0.0955. The second-order valence-corrected chi connectivity index (χ2v) is 8.26. The number of carbonyl (C=O) groups excluding carboxylic acids is 2. The monoisotopic (exact) mass is 448 g/mol. The van der Waals surface area contributed by atoms with Crippen molar-refractivity contribution in [2.45, 2.75) is 31.6 Å². The van der Waals surface area contributed by atoms with Crippen LogP contribution in [0.25, 0.3) is 0 Å². The maximum absolute atomic E-state index is 12.4. The van der Waals surface area contributed by atoms with Gasteiger partial charge in [0.05, 0.1) is 19.6 Å². The third-order valence-corrected chi connectivity index (χ3v) is 5.96. The molecule has 1 atom stereocenters. The summed E-state index contributed by atoms with van der Waals surface area (Å²) in [6.07, 6.45) is 10.4. The van der Waals surface area contributed by atoms with Crippen molar-refractivity contribution in [1.82, 2.24) is 20.2 Å². The van der Waals surface area contributed by atoms with Crippen LogP contribution < -0.4 is 20.0 Å². The van der Waals surface area contributed by atoms with Crippen LogP contribution in [-0.4, -0.2) is 67.9 Å². The van der Waals surface area contributed by atoms with E-state index in [1.165, 1.54) is 5.56 Å². The molecule has 1 aromatic rings. The summed E-state index contributed by atoms with van der Waals surface area (Å²) in [4.78, 5) is 30.4. The molecule has 1 unspecified atom stereocenters. The first-order valence-corrected chi connectivity index (χ1v) is 11.4. The molecule has 0 aromatic heterocycles. The molecule has 1 aromatic carbocycles. The van der Waals surface area contributed by atoms with Gasteiger partial charge in [-0.25, -0.2) is 4.67 Å². The summed E-state index contributed by atoms with van der Waals surface area (Å²) in [5.74, 6) is 1.72. The number of amides is 2. The average molecular weight is 449 g/mol. The van der Waals surface area contributed by atoms with Gasteiger partial charge >= 0.3 is 5.96 Å². The molecule has 4 rings (SSSR count). The van der Waals surface area contributed by atoms with E-state index in [-0.39, 0.29) is 17.7 Å². The maximum Gasteiger partial charge on any atom is 0.479 e. The van der Waals surface area contributed by atoms with Gasteiger partial charge in [0.2, 0.25) is 5.91 Å². The minimum atomic E-state index is -0.0955. The van der Waals surface area contributed by atoms with E-state index in [1.54, 1.807) is 13.2 Å². The van der Waals surface area contributed by atoms with Crippen molar-refractivity contribution in [1.29, 1.82) is 0 Å². The van der Waals surface area contributed by atoms with Crippen molar-refractivity contribution in [3.8, 4) is 5.75 Å². The fourth-order valence-corrected chi connectivity index (χ4v) is 4.02. The Balaban J connectivity index is 1.25. The Kier molecular flexibility index (Phi) is 7.37. The number of rotatable bonds is 7. The van der Waals surface area contributed by atoms with E-state index in [9.17, 15) is 9.59 Å². The highest BCUT2D eigenvalue weighted by Gasteiger charge is 2.22. The van der Waals surface area contributed by atoms with Gasteiger partial charge in [0.15, 0.2) is 0 Å². The number of nitrogens with zero attached hydrogens (tertiary/aromatic N) is 3. The van der Waals surface area contributed by atoms with Crippen LogP contribution >= 0.6 is 0 Å². The van der Waals surface area contributed by atoms with Crippen LogP contribution in [-0.2, 0) is 9.59 Å². The lowest BCUT2D eigenvalue weighted by Crippen LogP contribution is -2.35. The lowest BCUT2D eigenvalue weighted by molar-refractivity contribution is -0.127. The molecule has 8 nitrogen and oxygen atoms in total. The first kappa shape index (κ1) is 22.6. The predicted octanol–water partition coefficient (Wildman–Crippen LogP) is 1.33. The van der Waals surface area contributed by atoms with Gasteiger partial charge in [-0.1, -0.05) is 23.2 Å². The van der Waals surface area contributed by atoms with Crippen molar-refractivity contribution < 1.29 is 14.3 Å². The first-order valence-electron chi connectivity index (χ1n) is 11.4. The van der Waals surface area contributed by atoms with Gasteiger partial charge in [-0.3, -0.25) is 14.9 Å². The fourth-order valence-electron chi connectivity index (χ4n) is 4.02. The molecule has 8 heteroatoms. The van der Waals surface area contributed by atoms with Crippen LogP contribution in [0.2, 0.25) is 0 Å². The molecule has 1 saturated heterocycles. The Hall–Kier alpha value is -3.64. The van der Waals surface area contributed by atoms with E-state index < -0.39 is 0 Å². The van der Waals surface area contributed by atoms with E-state index in [4.69, 9.17) is 4.74 Å². The molecule has 0 radical (unpaired) electrons. The van der Waals surface area contributed by atoms with E-state index in [1.807, 2.05) is 47.5 Å². The van der Waals surface area contributed by atoms with Gasteiger partial charge in [0, 0.05) is 38.0 Å². The molecule has 1 aliphatic carbocycles. The molecular formula is C25H30N5O3+. The third-order valence-electron chi connectivity index (χ3n) is 5.96. The van der Waals surface area contributed by atoms with Gasteiger partial charge in [0.25, 0.3) is 5.91 Å². The number of hydrogen-bond donors (Lipinski definition) is 2. The highest BCUT2D eigenvalue weighted by molar-refractivity contribution is 6.08. The number of hydrogen-bond acceptors (Lipinski definition) is 5.